The van der Waals surface area contributed by atoms with Gasteiger partial charge in [-0.1, -0.05) is 0 Å². The molecule has 0 saturated carbocycles. The van der Waals surface area contributed by atoms with Crippen molar-refractivity contribution in [3.05, 3.63) is 0 Å². The molecular weight excluding hydrogens is 197 g/mol. The van der Waals surface area contributed by atoms with Crippen LogP contribution in [0.5, 0.6) is 0 Å². The van der Waals surface area contributed by atoms with Gasteiger partial charge in [0.1, 0.15) is 0 Å². The summed E-state index contributed by atoms with van der Waals surface area (Å²) in [6, 6.07) is 0. The van der Waals surface area contributed by atoms with Crippen LogP contribution >= 0.6 is 0 Å². The van der Waals surface area contributed by atoms with E-state index < -0.39 is 12.6 Å². The maximum atomic E-state index is 11.7. The first-order chi connectivity index (χ1) is 6.58. The van der Waals surface area contributed by atoms with Crippen LogP contribution in [0.4, 0.5) is 13.2 Å². The minimum atomic E-state index is -4.06. The van der Waals surface area contributed by atoms with E-state index in [9.17, 15) is 13.2 Å². The zero-order chi connectivity index (χ0) is 10.4. The first-order valence-electron chi connectivity index (χ1n) is 4.84. The van der Waals surface area contributed by atoms with Crippen molar-refractivity contribution in [2.24, 2.45) is 0 Å². The van der Waals surface area contributed by atoms with Crippen LogP contribution in [0.1, 0.15) is 25.7 Å². The predicted molar refractivity (Wildman–Crippen MR) is 45.1 cm³/mol. The topological polar surface area (TPSA) is 18.5 Å². The third-order valence-corrected chi connectivity index (χ3v) is 2.08. The molecule has 0 amide bonds. The van der Waals surface area contributed by atoms with E-state index in [4.69, 9.17) is 9.47 Å². The average Bonchev–Trinajstić information content (AvgIpc) is 2.54. The van der Waals surface area contributed by atoms with Crippen LogP contribution in [0.25, 0.3) is 0 Å². The van der Waals surface area contributed by atoms with Gasteiger partial charge in [-0.15, -0.1) is 0 Å². The van der Waals surface area contributed by atoms with Crippen molar-refractivity contribution in [1.29, 1.82) is 0 Å². The van der Waals surface area contributed by atoms with Crippen molar-refractivity contribution in [2.45, 2.75) is 38.0 Å². The van der Waals surface area contributed by atoms with Crippen molar-refractivity contribution in [1.82, 2.24) is 0 Å². The van der Waals surface area contributed by atoms with Gasteiger partial charge in [-0.2, -0.15) is 13.2 Å². The second-order valence-electron chi connectivity index (χ2n) is 3.43. The Bertz CT molecular complexity index is 153. The van der Waals surface area contributed by atoms with Crippen molar-refractivity contribution < 1.29 is 22.6 Å². The van der Waals surface area contributed by atoms with Gasteiger partial charge < -0.3 is 9.47 Å². The summed E-state index contributed by atoms with van der Waals surface area (Å²) in [4.78, 5) is 0. The maximum Gasteiger partial charge on any atom is 0.389 e. The fourth-order valence-electron chi connectivity index (χ4n) is 1.37. The molecule has 0 aromatic rings. The largest absolute Gasteiger partial charge is 0.389 e. The highest BCUT2D eigenvalue weighted by atomic mass is 19.4. The van der Waals surface area contributed by atoms with Crippen LogP contribution in [-0.4, -0.2) is 32.1 Å². The molecule has 14 heavy (non-hydrogen) atoms. The van der Waals surface area contributed by atoms with Crippen LogP contribution in [-0.2, 0) is 9.47 Å². The van der Waals surface area contributed by atoms with Gasteiger partial charge in [0, 0.05) is 19.6 Å². The third-order valence-electron chi connectivity index (χ3n) is 2.08. The quantitative estimate of drug-likeness (QED) is 0.652. The van der Waals surface area contributed by atoms with Crippen LogP contribution in [0.2, 0.25) is 0 Å². The zero-order valence-electron chi connectivity index (χ0n) is 7.98. The molecule has 5 heteroatoms. The lowest BCUT2D eigenvalue weighted by atomic mass is 10.2. The molecule has 0 aromatic carbocycles. The number of hydrogen-bond acceptors (Lipinski definition) is 2. The van der Waals surface area contributed by atoms with E-state index in [1.54, 1.807) is 0 Å². The van der Waals surface area contributed by atoms with E-state index in [0.717, 1.165) is 19.4 Å². The smallest absolute Gasteiger partial charge is 0.379 e. The van der Waals surface area contributed by atoms with Gasteiger partial charge in [0.2, 0.25) is 0 Å². The van der Waals surface area contributed by atoms with E-state index >= 15 is 0 Å². The molecule has 0 aromatic heterocycles. The summed E-state index contributed by atoms with van der Waals surface area (Å²) in [5.41, 5.74) is 0. The molecule has 1 fully saturated rings. The van der Waals surface area contributed by atoms with Crippen LogP contribution in [0.3, 0.4) is 0 Å². The van der Waals surface area contributed by atoms with Crippen molar-refractivity contribution in [3.63, 3.8) is 0 Å². The van der Waals surface area contributed by atoms with Crippen LogP contribution in [0, 0.1) is 0 Å². The van der Waals surface area contributed by atoms with Crippen molar-refractivity contribution in [2.75, 3.05) is 19.8 Å². The number of ether oxygens (including phenoxy) is 2. The van der Waals surface area contributed by atoms with Gasteiger partial charge >= 0.3 is 6.18 Å². The summed E-state index contributed by atoms with van der Waals surface area (Å²) < 4.78 is 45.5. The summed E-state index contributed by atoms with van der Waals surface area (Å²) in [5.74, 6) is 0. The Morgan fingerprint density at radius 3 is 2.71 bits per heavy atom. The van der Waals surface area contributed by atoms with Gasteiger partial charge in [-0.3, -0.25) is 0 Å². The lowest BCUT2D eigenvalue weighted by Gasteiger charge is -2.10. The normalized spacial score (nSPS) is 22.9. The summed E-state index contributed by atoms with van der Waals surface area (Å²) in [5, 5.41) is 0. The summed E-state index contributed by atoms with van der Waals surface area (Å²) in [7, 11) is 0. The molecule has 2 nitrogen and oxygen atoms in total. The molecule has 1 heterocycles. The Labute approximate surface area is 81.4 Å². The Kier molecular flexibility index (Phi) is 4.68. The minimum absolute atomic E-state index is 0.0379. The van der Waals surface area contributed by atoms with E-state index in [0.29, 0.717) is 6.61 Å². The molecule has 0 bridgehead atoms. The number of rotatable bonds is 5. The molecule has 1 unspecified atom stereocenters. The van der Waals surface area contributed by atoms with E-state index in [1.165, 1.54) is 0 Å². The first-order valence-corrected chi connectivity index (χ1v) is 4.84. The molecule has 1 rings (SSSR count). The second-order valence-corrected chi connectivity index (χ2v) is 3.43. The Morgan fingerprint density at radius 2 is 2.14 bits per heavy atom. The van der Waals surface area contributed by atoms with Gasteiger partial charge in [0.15, 0.2) is 0 Å². The fraction of sp³-hybridized carbons (Fsp3) is 1.00. The fourth-order valence-corrected chi connectivity index (χ4v) is 1.37. The monoisotopic (exact) mass is 212 g/mol. The molecule has 1 aliphatic heterocycles. The van der Waals surface area contributed by atoms with E-state index in [-0.39, 0.29) is 19.1 Å². The van der Waals surface area contributed by atoms with E-state index in [2.05, 4.69) is 0 Å². The minimum Gasteiger partial charge on any atom is -0.379 e. The molecule has 0 aliphatic carbocycles. The Morgan fingerprint density at radius 1 is 1.36 bits per heavy atom. The van der Waals surface area contributed by atoms with Crippen LogP contribution < -0.4 is 0 Å². The lowest BCUT2D eigenvalue weighted by Crippen LogP contribution is -2.15. The standard InChI is InChI=1S/C9H15F3O2/c10-9(11,12)4-2-5-13-7-8-3-1-6-14-8/h8H,1-7H2. The Balaban J connectivity index is 1.89. The number of halogens is 3. The van der Waals surface area contributed by atoms with Gasteiger partial charge in [-0.25, -0.2) is 0 Å². The number of hydrogen-bond donors (Lipinski definition) is 0. The first kappa shape index (κ1) is 11.8. The Hall–Kier alpha value is -0.290. The summed E-state index contributed by atoms with van der Waals surface area (Å²) in [6.07, 6.45) is -2.71. The van der Waals surface area contributed by atoms with Crippen molar-refractivity contribution >= 4 is 0 Å². The lowest BCUT2D eigenvalue weighted by molar-refractivity contribution is -0.138. The molecule has 1 saturated heterocycles. The molecule has 84 valence electrons. The highest BCUT2D eigenvalue weighted by molar-refractivity contribution is 4.63. The molecule has 0 radical (unpaired) electrons. The van der Waals surface area contributed by atoms with Gasteiger partial charge in [-0.05, 0) is 19.3 Å². The molecule has 1 atom stereocenters. The molecule has 0 N–H and O–H groups in total. The molecular formula is C9H15F3O2. The summed E-state index contributed by atoms with van der Waals surface area (Å²) in [6.45, 7) is 1.34. The van der Waals surface area contributed by atoms with Crippen LogP contribution in [0.15, 0.2) is 0 Å². The predicted octanol–water partition coefficient (Wildman–Crippen LogP) is 2.52. The maximum absolute atomic E-state index is 11.7. The summed E-state index contributed by atoms with van der Waals surface area (Å²) >= 11 is 0. The van der Waals surface area contributed by atoms with E-state index in [1.807, 2.05) is 0 Å². The number of alkyl halides is 3. The average molecular weight is 212 g/mol. The molecule has 1 aliphatic rings. The zero-order valence-corrected chi connectivity index (χ0v) is 7.98. The highest BCUT2D eigenvalue weighted by Crippen LogP contribution is 2.21. The molecule has 0 spiro atoms. The van der Waals surface area contributed by atoms with Gasteiger partial charge in [0.05, 0.1) is 12.7 Å². The second kappa shape index (κ2) is 5.56. The van der Waals surface area contributed by atoms with Gasteiger partial charge in [0.25, 0.3) is 0 Å². The highest BCUT2D eigenvalue weighted by Gasteiger charge is 2.26. The SMILES string of the molecule is FC(F)(F)CCCOCC1CCCO1. The third kappa shape index (κ3) is 5.44. The van der Waals surface area contributed by atoms with Crippen molar-refractivity contribution in [3.8, 4) is 0 Å².